The molecule has 0 radical (unpaired) electrons. The van der Waals surface area contributed by atoms with E-state index in [1.807, 2.05) is 67.6 Å². The van der Waals surface area contributed by atoms with Crippen molar-refractivity contribution >= 4 is 11.9 Å². The summed E-state index contributed by atoms with van der Waals surface area (Å²) in [4.78, 5) is 26.7. The lowest BCUT2D eigenvalue weighted by Gasteiger charge is -2.49. The molecule has 0 saturated carbocycles. The summed E-state index contributed by atoms with van der Waals surface area (Å²) in [6.07, 6.45) is 0. The first-order chi connectivity index (χ1) is 11.6. The molecular weight excluding hydrogens is 302 g/mol. The SMILES string of the molecule is CCOC(=O)[C@H]1C(=O)N([C@@H](C)c2ccccc2)[C@H]1c1ccccc1. The predicted molar refractivity (Wildman–Crippen MR) is 91.0 cm³/mol. The highest BCUT2D eigenvalue weighted by molar-refractivity contribution is 6.04. The lowest BCUT2D eigenvalue weighted by molar-refractivity contribution is -0.176. The quantitative estimate of drug-likeness (QED) is 0.480. The molecule has 2 aromatic rings. The van der Waals surface area contributed by atoms with Crippen molar-refractivity contribution in [1.29, 1.82) is 0 Å². The lowest BCUT2D eigenvalue weighted by Crippen LogP contribution is -2.58. The fourth-order valence-corrected chi connectivity index (χ4v) is 3.30. The van der Waals surface area contributed by atoms with Gasteiger partial charge in [-0.15, -0.1) is 0 Å². The number of esters is 1. The number of carbonyl (C=O) groups excluding carboxylic acids is 2. The van der Waals surface area contributed by atoms with Crippen LogP contribution in [-0.2, 0) is 14.3 Å². The summed E-state index contributed by atoms with van der Waals surface area (Å²) in [6.45, 7) is 4.02. The van der Waals surface area contributed by atoms with Gasteiger partial charge < -0.3 is 9.64 Å². The molecule has 0 N–H and O–H groups in total. The Balaban J connectivity index is 1.93. The Kier molecular flexibility index (Phi) is 4.65. The van der Waals surface area contributed by atoms with Gasteiger partial charge in [0.25, 0.3) is 0 Å². The Hall–Kier alpha value is -2.62. The molecule has 1 aliphatic heterocycles. The van der Waals surface area contributed by atoms with E-state index >= 15 is 0 Å². The third-order valence-corrected chi connectivity index (χ3v) is 4.52. The van der Waals surface area contributed by atoms with Crippen molar-refractivity contribution in [1.82, 2.24) is 4.90 Å². The van der Waals surface area contributed by atoms with E-state index < -0.39 is 11.9 Å². The third kappa shape index (κ3) is 2.80. The molecule has 3 atom stereocenters. The van der Waals surface area contributed by atoms with Crippen molar-refractivity contribution in [2.45, 2.75) is 25.9 Å². The summed E-state index contributed by atoms with van der Waals surface area (Å²) in [7, 11) is 0. The maximum atomic E-state index is 12.7. The number of nitrogens with zero attached hydrogens (tertiary/aromatic N) is 1. The van der Waals surface area contributed by atoms with Crippen LogP contribution in [-0.4, -0.2) is 23.4 Å². The average molecular weight is 323 g/mol. The number of benzene rings is 2. The van der Waals surface area contributed by atoms with Crippen molar-refractivity contribution in [3.05, 3.63) is 71.8 Å². The first-order valence-electron chi connectivity index (χ1n) is 8.23. The summed E-state index contributed by atoms with van der Waals surface area (Å²) < 4.78 is 5.12. The van der Waals surface area contributed by atoms with Crippen molar-refractivity contribution < 1.29 is 14.3 Å². The van der Waals surface area contributed by atoms with Gasteiger partial charge in [-0.05, 0) is 25.0 Å². The minimum Gasteiger partial charge on any atom is -0.465 e. The molecule has 1 saturated heterocycles. The molecule has 4 heteroatoms. The Morgan fingerprint density at radius 1 is 1.08 bits per heavy atom. The molecule has 0 spiro atoms. The van der Waals surface area contributed by atoms with E-state index in [1.165, 1.54) is 0 Å². The zero-order valence-corrected chi connectivity index (χ0v) is 13.9. The predicted octanol–water partition coefficient (Wildman–Crippen LogP) is 3.51. The Morgan fingerprint density at radius 2 is 1.67 bits per heavy atom. The molecule has 0 bridgehead atoms. The Labute approximate surface area is 142 Å². The van der Waals surface area contributed by atoms with Crippen LogP contribution in [0.25, 0.3) is 0 Å². The van der Waals surface area contributed by atoms with Crippen LogP contribution in [0.2, 0.25) is 0 Å². The van der Waals surface area contributed by atoms with Gasteiger partial charge in [-0.25, -0.2) is 0 Å². The van der Waals surface area contributed by atoms with Crippen LogP contribution in [0, 0.1) is 5.92 Å². The van der Waals surface area contributed by atoms with Gasteiger partial charge in [0.1, 0.15) is 0 Å². The lowest BCUT2D eigenvalue weighted by atomic mass is 9.80. The van der Waals surface area contributed by atoms with Crippen LogP contribution < -0.4 is 0 Å². The number of hydrogen-bond donors (Lipinski definition) is 0. The van der Waals surface area contributed by atoms with E-state index in [0.717, 1.165) is 11.1 Å². The normalized spacial score (nSPS) is 21.1. The molecule has 124 valence electrons. The first kappa shape index (κ1) is 16.2. The molecular formula is C20H21NO3. The summed E-state index contributed by atoms with van der Waals surface area (Å²) in [5.41, 5.74) is 2.01. The number of amides is 1. The summed E-state index contributed by atoms with van der Waals surface area (Å²) in [5.74, 6) is -1.36. The molecule has 1 aliphatic rings. The van der Waals surface area contributed by atoms with E-state index in [-0.39, 0.29) is 24.6 Å². The number of hydrogen-bond acceptors (Lipinski definition) is 3. The van der Waals surface area contributed by atoms with Crippen molar-refractivity contribution in [2.75, 3.05) is 6.61 Å². The monoisotopic (exact) mass is 323 g/mol. The summed E-state index contributed by atoms with van der Waals surface area (Å²) in [6, 6.07) is 19.1. The molecule has 0 aliphatic carbocycles. The maximum Gasteiger partial charge on any atom is 0.321 e. The molecule has 2 aromatic carbocycles. The minimum atomic E-state index is -0.751. The number of likely N-dealkylation sites (tertiary alicyclic amines) is 1. The topological polar surface area (TPSA) is 46.6 Å². The number of ether oxygens (including phenoxy) is 1. The first-order valence-corrected chi connectivity index (χ1v) is 8.23. The fourth-order valence-electron chi connectivity index (χ4n) is 3.30. The molecule has 0 aromatic heterocycles. The van der Waals surface area contributed by atoms with Crippen LogP contribution in [0.15, 0.2) is 60.7 Å². The average Bonchev–Trinajstić information content (AvgIpc) is 2.61. The minimum absolute atomic E-state index is 0.102. The standard InChI is InChI=1S/C20H21NO3/c1-3-24-20(23)17-18(16-12-8-5-9-13-16)21(19(17)22)14(2)15-10-6-4-7-11-15/h4-14,17-18H,3H2,1-2H3/t14-,17+,18-/m0/s1. The second-order valence-electron chi connectivity index (χ2n) is 5.92. The zero-order chi connectivity index (χ0) is 17.1. The van der Waals surface area contributed by atoms with Gasteiger partial charge in [0.2, 0.25) is 5.91 Å². The molecule has 1 heterocycles. The highest BCUT2D eigenvalue weighted by Gasteiger charge is 2.54. The molecule has 0 unspecified atom stereocenters. The number of rotatable bonds is 5. The smallest absolute Gasteiger partial charge is 0.321 e. The van der Waals surface area contributed by atoms with Gasteiger partial charge in [-0.3, -0.25) is 9.59 Å². The van der Waals surface area contributed by atoms with Crippen molar-refractivity contribution in [3.63, 3.8) is 0 Å². The maximum absolute atomic E-state index is 12.7. The highest BCUT2D eigenvalue weighted by atomic mass is 16.5. The number of carbonyl (C=O) groups is 2. The zero-order valence-electron chi connectivity index (χ0n) is 13.9. The van der Waals surface area contributed by atoms with Gasteiger partial charge >= 0.3 is 5.97 Å². The largest absolute Gasteiger partial charge is 0.465 e. The Bertz CT molecular complexity index is 714. The van der Waals surface area contributed by atoms with Gasteiger partial charge in [0.05, 0.1) is 18.7 Å². The molecule has 1 amide bonds. The Morgan fingerprint density at radius 3 is 2.25 bits per heavy atom. The van der Waals surface area contributed by atoms with Crippen molar-refractivity contribution in [2.24, 2.45) is 5.92 Å². The summed E-state index contributed by atoms with van der Waals surface area (Å²) >= 11 is 0. The second kappa shape index (κ2) is 6.87. The third-order valence-electron chi connectivity index (χ3n) is 4.52. The fraction of sp³-hybridized carbons (Fsp3) is 0.300. The van der Waals surface area contributed by atoms with Gasteiger partial charge in [0, 0.05) is 0 Å². The number of β-lactam (4-membered cyclic amide) rings is 1. The van der Waals surface area contributed by atoms with Crippen LogP contribution in [0.3, 0.4) is 0 Å². The van der Waals surface area contributed by atoms with Crippen LogP contribution in [0.1, 0.15) is 37.1 Å². The van der Waals surface area contributed by atoms with Crippen LogP contribution >= 0.6 is 0 Å². The second-order valence-corrected chi connectivity index (χ2v) is 5.92. The van der Waals surface area contributed by atoms with Gasteiger partial charge in [-0.1, -0.05) is 60.7 Å². The van der Waals surface area contributed by atoms with E-state index in [2.05, 4.69) is 0 Å². The summed E-state index contributed by atoms with van der Waals surface area (Å²) in [5, 5.41) is 0. The molecule has 24 heavy (non-hydrogen) atoms. The van der Waals surface area contributed by atoms with Gasteiger partial charge in [-0.2, -0.15) is 0 Å². The molecule has 1 fully saturated rings. The van der Waals surface area contributed by atoms with Crippen LogP contribution in [0.4, 0.5) is 0 Å². The van der Waals surface area contributed by atoms with E-state index in [9.17, 15) is 9.59 Å². The van der Waals surface area contributed by atoms with Crippen molar-refractivity contribution in [3.8, 4) is 0 Å². The highest BCUT2D eigenvalue weighted by Crippen LogP contribution is 2.46. The van der Waals surface area contributed by atoms with E-state index in [0.29, 0.717) is 0 Å². The van der Waals surface area contributed by atoms with E-state index in [4.69, 9.17) is 4.74 Å². The van der Waals surface area contributed by atoms with E-state index in [1.54, 1.807) is 11.8 Å². The molecule has 4 nitrogen and oxygen atoms in total. The molecule has 3 rings (SSSR count). The van der Waals surface area contributed by atoms with Gasteiger partial charge in [0.15, 0.2) is 5.92 Å². The van der Waals surface area contributed by atoms with Crippen LogP contribution in [0.5, 0.6) is 0 Å².